The van der Waals surface area contributed by atoms with E-state index in [1.165, 1.54) is 0 Å². The predicted octanol–water partition coefficient (Wildman–Crippen LogP) is 2.60. The zero-order valence-corrected chi connectivity index (χ0v) is 14.4. The van der Waals surface area contributed by atoms with E-state index in [0.717, 1.165) is 25.0 Å². The van der Waals surface area contributed by atoms with Crippen molar-refractivity contribution in [3.8, 4) is 11.6 Å². The summed E-state index contributed by atoms with van der Waals surface area (Å²) in [7, 11) is 0. The van der Waals surface area contributed by atoms with Crippen LogP contribution in [-0.2, 0) is 0 Å². The topological polar surface area (TPSA) is 97.9 Å². The zero-order valence-electron chi connectivity index (χ0n) is 14.4. The maximum Gasteiger partial charge on any atom is 0.273 e. The molecule has 8 heteroatoms. The van der Waals surface area contributed by atoms with Gasteiger partial charge >= 0.3 is 0 Å². The number of hydrogen-bond donors (Lipinski definition) is 0. The normalized spacial score (nSPS) is 17.3. The van der Waals surface area contributed by atoms with E-state index in [1.807, 2.05) is 6.92 Å². The first-order chi connectivity index (χ1) is 12.7. The van der Waals surface area contributed by atoms with Crippen LogP contribution in [0.15, 0.2) is 41.2 Å². The van der Waals surface area contributed by atoms with Crippen LogP contribution >= 0.6 is 0 Å². The summed E-state index contributed by atoms with van der Waals surface area (Å²) in [6.45, 7) is 2.50. The van der Waals surface area contributed by atoms with Gasteiger partial charge < -0.3 is 9.32 Å². The number of aryl methyl sites for hydroxylation is 1. The summed E-state index contributed by atoms with van der Waals surface area (Å²) < 4.78 is 5.83. The summed E-state index contributed by atoms with van der Waals surface area (Å²) in [5.74, 6) is 0.611. The molecule has 1 amide bonds. The fraction of sp³-hybridized carbons (Fsp3) is 0.333. The van der Waals surface area contributed by atoms with Crippen molar-refractivity contribution in [3.63, 3.8) is 0 Å². The fourth-order valence-electron chi connectivity index (χ4n) is 3.04. The molecule has 0 aromatic carbocycles. The molecule has 1 saturated heterocycles. The number of amides is 1. The monoisotopic (exact) mass is 350 g/mol. The van der Waals surface area contributed by atoms with E-state index >= 15 is 0 Å². The van der Waals surface area contributed by atoms with E-state index in [1.54, 1.807) is 41.7 Å². The molecule has 1 atom stereocenters. The third kappa shape index (κ3) is 3.17. The van der Waals surface area contributed by atoms with Crippen molar-refractivity contribution in [3.05, 3.63) is 54.1 Å². The molecular weight excluding hydrogens is 332 g/mol. The molecular formula is C18H18N6O2. The lowest BCUT2D eigenvalue weighted by molar-refractivity contribution is 0.0566. The molecule has 26 heavy (non-hydrogen) atoms. The van der Waals surface area contributed by atoms with Crippen molar-refractivity contribution in [2.45, 2.75) is 32.2 Å². The van der Waals surface area contributed by atoms with E-state index < -0.39 is 0 Å². The molecule has 1 unspecified atom stereocenters. The maximum absolute atomic E-state index is 12.8. The Morgan fingerprint density at radius 3 is 2.85 bits per heavy atom. The summed E-state index contributed by atoms with van der Waals surface area (Å²) in [4.78, 5) is 27.2. The van der Waals surface area contributed by atoms with Crippen molar-refractivity contribution < 1.29 is 9.21 Å². The molecule has 3 aromatic rings. The Kier molecular flexibility index (Phi) is 4.39. The van der Waals surface area contributed by atoms with Crippen LogP contribution in [0, 0.1) is 6.92 Å². The van der Waals surface area contributed by atoms with Crippen LogP contribution in [0.25, 0.3) is 11.6 Å². The van der Waals surface area contributed by atoms with Gasteiger partial charge in [-0.25, -0.2) is 4.98 Å². The highest BCUT2D eigenvalue weighted by Crippen LogP contribution is 2.32. The van der Waals surface area contributed by atoms with Crippen molar-refractivity contribution in [1.82, 2.24) is 30.0 Å². The molecule has 0 radical (unpaired) electrons. The number of carbonyl (C=O) groups excluding carboxylic acids is 1. The van der Waals surface area contributed by atoms with Crippen LogP contribution in [0.2, 0.25) is 0 Å². The van der Waals surface area contributed by atoms with Crippen LogP contribution in [0.1, 0.15) is 47.4 Å². The van der Waals surface area contributed by atoms with Crippen LogP contribution in [-0.4, -0.2) is 42.5 Å². The van der Waals surface area contributed by atoms with Gasteiger partial charge in [-0.3, -0.25) is 14.8 Å². The lowest BCUT2D eigenvalue weighted by Gasteiger charge is -2.33. The Morgan fingerprint density at radius 2 is 2.08 bits per heavy atom. The van der Waals surface area contributed by atoms with E-state index in [4.69, 9.17) is 4.42 Å². The minimum atomic E-state index is -0.252. The summed E-state index contributed by atoms with van der Waals surface area (Å²) in [5, 5.41) is 8.25. The van der Waals surface area contributed by atoms with E-state index in [-0.39, 0.29) is 11.9 Å². The minimum absolute atomic E-state index is 0.120. The van der Waals surface area contributed by atoms with Gasteiger partial charge in [-0.2, -0.15) is 0 Å². The molecule has 3 aromatic heterocycles. The number of nitrogens with zero attached hydrogens (tertiary/aromatic N) is 6. The molecule has 132 valence electrons. The smallest absolute Gasteiger partial charge is 0.273 e. The first-order valence-corrected chi connectivity index (χ1v) is 8.57. The first kappa shape index (κ1) is 16.3. The van der Waals surface area contributed by atoms with Crippen molar-refractivity contribution in [2.24, 2.45) is 0 Å². The average Bonchev–Trinajstić information content (AvgIpc) is 3.19. The molecule has 0 bridgehead atoms. The van der Waals surface area contributed by atoms with Crippen molar-refractivity contribution in [2.75, 3.05) is 6.54 Å². The van der Waals surface area contributed by atoms with Gasteiger partial charge in [-0.15, -0.1) is 10.2 Å². The van der Waals surface area contributed by atoms with E-state index in [0.29, 0.717) is 29.7 Å². The van der Waals surface area contributed by atoms with Gasteiger partial charge in [-0.05, 0) is 38.3 Å². The Bertz CT molecular complexity index is 894. The average molecular weight is 350 g/mol. The summed E-state index contributed by atoms with van der Waals surface area (Å²) >= 11 is 0. The van der Waals surface area contributed by atoms with E-state index in [2.05, 4.69) is 25.1 Å². The lowest BCUT2D eigenvalue weighted by Crippen LogP contribution is -2.39. The van der Waals surface area contributed by atoms with Crippen molar-refractivity contribution in [1.29, 1.82) is 0 Å². The molecule has 0 N–H and O–H groups in total. The molecule has 4 heterocycles. The van der Waals surface area contributed by atoms with Crippen LogP contribution in [0.3, 0.4) is 0 Å². The number of rotatable bonds is 3. The van der Waals surface area contributed by atoms with Gasteiger partial charge in [0.25, 0.3) is 11.8 Å². The second kappa shape index (κ2) is 6.99. The number of aromatic nitrogens is 5. The number of hydrogen-bond acceptors (Lipinski definition) is 7. The maximum atomic E-state index is 12.8. The first-order valence-electron chi connectivity index (χ1n) is 8.57. The van der Waals surface area contributed by atoms with Crippen LogP contribution < -0.4 is 0 Å². The van der Waals surface area contributed by atoms with Gasteiger partial charge in [0.15, 0.2) is 0 Å². The summed E-state index contributed by atoms with van der Waals surface area (Å²) in [6, 6.07) is 5.06. The Hall–Kier alpha value is -3.16. The quantitative estimate of drug-likeness (QED) is 0.716. The largest absolute Gasteiger partial charge is 0.417 e. The van der Waals surface area contributed by atoms with Gasteiger partial charge in [0.1, 0.15) is 17.4 Å². The SMILES string of the molecule is Cc1cnc(-c2nnc(C3CCCCN3C(=O)c3ccccn3)o2)cn1. The molecule has 1 fully saturated rings. The molecule has 1 aliphatic rings. The fourth-order valence-corrected chi connectivity index (χ4v) is 3.04. The number of pyridine rings is 1. The molecule has 0 saturated carbocycles. The van der Waals surface area contributed by atoms with Crippen molar-refractivity contribution >= 4 is 5.91 Å². The minimum Gasteiger partial charge on any atom is -0.417 e. The van der Waals surface area contributed by atoms with Gasteiger partial charge in [0, 0.05) is 18.9 Å². The highest BCUT2D eigenvalue weighted by molar-refractivity contribution is 5.92. The Balaban J connectivity index is 1.61. The summed E-state index contributed by atoms with van der Waals surface area (Å²) in [5.41, 5.74) is 1.75. The lowest BCUT2D eigenvalue weighted by atomic mass is 10.0. The third-order valence-corrected chi connectivity index (χ3v) is 4.37. The highest BCUT2D eigenvalue weighted by atomic mass is 16.4. The third-order valence-electron chi connectivity index (χ3n) is 4.37. The van der Waals surface area contributed by atoms with Crippen LogP contribution in [0.4, 0.5) is 0 Å². The molecule has 0 spiro atoms. The van der Waals surface area contributed by atoms with Gasteiger partial charge in [-0.1, -0.05) is 6.07 Å². The predicted molar refractivity (Wildman–Crippen MR) is 91.9 cm³/mol. The summed E-state index contributed by atoms with van der Waals surface area (Å²) in [6.07, 6.45) is 7.59. The van der Waals surface area contributed by atoms with Gasteiger partial charge in [0.2, 0.25) is 5.89 Å². The number of piperidine rings is 1. The highest BCUT2D eigenvalue weighted by Gasteiger charge is 2.33. The Labute approximate surface area is 150 Å². The molecule has 8 nitrogen and oxygen atoms in total. The molecule has 0 aliphatic carbocycles. The van der Waals surface area contributed by atoms with Crippen LogP contribution in [0.5, 0.6) is 0 Å². The molecule has 4 rings (SSSR count). The second-order valence-corrected chi connectivity index (χ2v) is 6.21. The van der Waals surface area contributed by atoms with Gasteiger partial charge in [0.05, 0.1) is 11.9 Å². The standard InChI is InChI=1S/C18H18N6O2/c1-12-10-21-14(11-20-12)16-22-23-17(26-16)15-7-3-5-9-24(15)18(25)13-6-2-4-8-19-13/h2,4,6,8,10-11,15H,3,5,7,9H2,1H3. The number of carbonyl (C=O) groups is 1. The number of likely N-dealkylation sites (tertiary alicyclic amines) is 1. The second-order valence-electron chi connectivity index (χ2n) is 6.21. The molecule has 1 aliphatic heterocycles. The Morgan fingerprint density at radius 1 is 1.15 bits per heavy atom. The van der Waals surface area contributed by atoms with E-state index in [9.17, 15) is 4.79 Å². The zero-order chi connectivity index (χ0) is 17.9.